The summed E-state index contributed by atoms with van der Waals surface area (Å²) in [5.74, 6) is -1.50. The molecular weight excluding hydrogens is 404 g/mol. The van der Waals surface area contributed by atoms with Crippen molar-refractivity contribution in [3.05, 3.63) is 29.8 Å². The predicted octanol–water partition coefficient (Wildman–Crippen LogP) is 2.35. The van der Waals surface area contributed by atoms with Gasteiger partial charge in [0.05, 0.1) is 12.7 Å². The number of ether oxygens (including phenoxy) is 1. The first-order valence-electron chi connectivity index (χ1n) is 11.4. The van der Waals surface area contributed by atoms with Gasteiger partial charge in [-0.15, -0.1) is 0 Å². The van der Waals surface area contributed by atoms with Crippen molar-refractivity contribution in [1.29, 1.82) is 0 Å². The Bertz CT molecular complexity index is 736. The average molecular weight is 438 g/mol. The lowest BCUT2D eigenvalue weighted by atomic mass is 10.0. The fourth-order valence-electron chi connectivity index (χ4n) is 4.85. The summed E-state index contributed by atoms with van der Waals surface area (Å²) in [6.45, 7) is 4.87. The molecule has 8 heteroatoms. The molecule has 4 rings (SSSR count). The molecule has 3 aliphatic rings. The van der Waals surface area contributed by atoms with Gasteiger partial charge in [0.25, 0.3) is 5.92 Å². The van der Waals surface area contributed by atoms with Crippen LogP contribution in [0.5, 0.6) is 5.75 Å². The molecule has 3 aliphatic heterocycles. The van der Waals surface area contributed by atoms with Crippen molar-refractivity contribution in [3.63, 3.8) is 0 Å². The molecule has 1 amide bonds. The van der Waals surface area contributed by atoms with Crippen LogP contribution in [-0.4, -0.2) is 89.7 Å². The molecule has 3 saturated heterocycles. The van der Waals surface area contributed by atoms with Crippen LogP contribution in [0.3, 0.4) is 0 Å². The van der Waals surface area contributed by atoms with E-state index in [-0.39, 0.29) is 24.8 Å². The normalized spacial score (nSPS) is 27.2. The summed E-state index contributed by atoms with van der Waals surface area (Å²) in [6, 6.07) is 7.89. The molecule has 6 nitrogen and oxygen atoms in total. The number of rotatable bonds is 8. The zero-order valence-corrected chi connectivity index (χ0v) is 18.0. The number of β-amino-alcohol motifs (C(OH)–C–C–N with tert-alkyl or cyclic N) is 1. The second-order valence-corrected chi connectivity index (χ2v) is 9.05. The standard InChI is InChI=1S/C23H33F2N3O3/c24-23(25)8-12-27(13-9-23)20-16-26(17-21(20)29)15-18-4-6-19(7-5-18)31-14-2-11-28-10-1-3-22(28)30/h4-7,20-21,29H,1-3,8-17H2/t20-,21-/m0/s1. The summed E-state index contributed by atoms with van der Waals surface area (Å²) >= 11 is 0. The lowest BCUT2D eigenvalue weighted by molar-refractivity contribution is -0.127. The minimum Gasteiger partial charge on any atom is -0.494 e. The summed E-state index contributed by atoms with van der Waals surface area (Å²) < 4.78 is 32.6. The minimum absolute atomic E-state index is 0.0683. The molecule has 0 radical (unpaired) electrons. The summed E-state index contributed by atoms with van der Waals surface area (Å²) in [7, 11) is 0. The monoisotopic (exact) mass is 437 g/mol. The number of aliphatic hydroxyl groups is 1. The average Bonchev–Trinajstić information content (AvgIpc) is 3.31. The molecule has 1 aromatic rings. The Morgan fingerprint density at radius 3 is 2.52 bits per heavy atom. The second-order valence-electron chi connectivity index (χ2n) is 9.05. The quantitative estimate of drug-likeness (QED) is 0.633. The lowest BCUT2D eigenvalue weighted by Crippen LogP contribution is -2.49. The number of carbonyl (C=O) groups is 1. The maximum absolute atomic E-state index is 13.4. The molecule has 1 aromatic carbocycles. The Labute approximate surface area is 182 Å². The Morgan fingerprint density at radius 1 is 1.10 bits per heavy atom. The highest BCUT2D eigenvalue weighted by molar-refractivity contribution is 5.77. The van der Waals surface area contributed by atoms with E-state index in [1.54, 1.807) is 0 Å². The Morgan fingerprint density at radius 2 is 1.84 bits per heavy atom. The molecule has 0 unspecified atom stereocenters. The third kappa shape index (κ3) is 5.93. The van der Waals surface area contributed by atoms with Crippen LogP contribution in [0.2, 0.25) is 0 Å². The zero-order chi connectivity index (χ0) is 21.8. The van der Waals surface area contributed by atoms with Crippen LogP contribution in [0.15, 0.2) is 24.3 Å². The van der Waals surface area contributed by atoms with Crippen molar-refractivity contribution in [2.75, 3.05) is 45.9 Å². The van der Waals surface area contributed by atoms with Gasteiger partial charge in [0.1, 0.15) is 5.75 Å². The summed E-state index contributed by atoms with van der Waals surface area (Å²) in [5, 5.41) is 10.5. The number of benzene rings is 1. The number of alkyl halides is 2. The van der Waals surface area contributed by atoms with Crippen LogP contribution in [0.4, 0.5) is 8.78 Å². The van der Waals surface area contributed by atoms with Crippen LogP contribution in [0.25, 0.3) is 0 Å². The van der Waals surface area contributed by atoms with Gasteiger partial charge in [-0.25, -0.2) is 8.78 Å². The van der Waals surface area contributed by atoms with Gasteiger partial charge in [-0.1, -0.05) is 12.1 Å². The number of carbonyl (C=O) groups excluding carboxylic acids is 1. The molecule has 3 heterocycles. The van der Waals surface area contributed by atoms with Crippen molar-refractivity contribution in [2.24, 2.45) is 0 Å². The van der Waals surface area contributed by atoms with Crippen molar-refractivity contribution in [1.82, 2.24) is 14.7 Å². The lowest BCUT2D eigenvalue weighted by Gasteiger charge is -2.36. The third-order valence-corrected chi connectivity index (χ3v) is 6.68. The Kier molecular flexibility index (Phi) is 7.08. The molecule has 31 heavy (non-hydrogen) atoms. The van der Waals surface area contributed by atoms with Gasteiger partial charge in [0.15, 0.2) is 0 Å². The largest absolute Gasteiger partial charge is 0.494 e. The molecule has 0 saturated carbocycles. The predicted molar refractivity (Wildman–Crippen MR) is 113 cm³/mol. The highest BCUT2D eigenvalue weighted by Crippen LogP contribution is 2.30. The first kappa shape index (κ1) is 22.4. The molecule has 172 valence electrons. The van der Waals surface area contributed by atoms with E-state index in [0.29, 0.717) is 39.2 Å². The van der Waals surface area contributed by atoms with Crippen LogP contribution in [0.1, 0.15) is 37.7 Å². The molecule has 0 aliphatic carbocycles. The van der Waals surface area contributed by atoms with Crippen molar-refractivity contribution >= 4 is 5.91 Å². The van der Waals surface area contributed by atoms with Gasteiger partial charge >= 0.3 is 0 Å². The molecule has 1 N–H and O–H groups in total. The third-order valence-electron chi connectivity index (χ3n) is 6.68. The molecule has 3 fully saturated rings. The van der Waals surface area contributed by atoms with Crippen LogP contribution >= 0.6 is 0 Å². The first-order chi connectivity index (χ1) is 14.9. The topological polar surface area (TPSA) is 56.3 Å². The van der Waals surface area contributed by atoms with Crippen molar-refractivity contribution in [3.8, 4) is 5.75 Å². The molecule has 0 spiro atoms. The molecular formula is C23H33F2N3O3. The number of amides is 1. The number of likely N-dealkylation sites (tertiary alicyclic amines) is 3. The Balaban J connectivity index is 1.19. The number of hydrogen-bond acceptors (Lipinski definition) is 5. The molecule has 0 aromatic heterocycles. The second kappa shape index (κ2) is 9.79. The van der Waals surface area contributed by atoms with E-state index in [1.165, 1.54) is 0 Å². The number of nitrogens with zero attached hydrogens (tertiary/aromatic N) is 3. The van der Waals surface area contributed by atoms with Crippen molar-refractivity contribution in [2.45, 2.75) is 56.7 Å². The van der Waals surface area contributed by atoms with Gasteiger partial charge < -0.3 is 14.7 Å². The van der Waals surface area contributed by atoms with Crippen molar-refractivity contribution < 1.29 is 23.4 Å². The van der Waals surface area contributed by atoms with E-state index in [0.717, 1.165) is 43.8 Å². The van der Waals surface area contributed by atoms with Gasteiger partial charge in [0, 0.05) is 71.1 Å². The van der Waals surface area contributed by atoms with E-state index in [9.17, 15) is 18.7 Å². The Hall–Kier alpha value is -1.77. The summed E-state index contributed by atoms with van der Waals surface area (Å²) in [5.41, 5.74) is 1.13. The number of hydrogen-bond donors (Lipinski definition) is 1. The van der Waals surface area contributed by atoms with E-state index in [1.807, 2.05) is 34.1 Å². The van der Waals surface area contributed by atoms with Gasteiger partial charge in [0.2, 0.25) is 5.91 Å². The fraction of sp³-hybridized carbons (Fsp3) is 0.696. The van der Waals surface area contributed by atoms with Crippen LogP contribution < -0.4 is 4.74 Å². The zero-order valence-electron chi connectivity index (χ0n) is 18.0. The van der Waals surface area contributed by atoms with Crippen LogP contribution in [0, 0.1) is 0 Å². The van der Waals surface area contributed by atoms with E-state index in [4.69, 9.17) is 4.74 Å². The molecule has 0 bridgehead atoms. The maximum atomic E-state index is 13.4. The number of aliphatic hydroxyl groups excluding tert-OH is 1. The van der Waals surface area contributed by atoms with E-state index >= 15 is 0 Å². The SMILES string of the molecule is O=C1CCCN1CCCOc1ccc(CN2C[C@H](O)[C@@H](N3CCC(F)(F)CC3)C2)cc1. The van der Waals surface area contributed by atoms with E-state index in [2.05, 4.69) is 4.90 Å². The highest BCUT2D eigenvalue weighted by Gasteiger charge is 2.41. The van der Waals surface area contributed by atoms with Gasteiger partial charge in [-0.2, -0.15) is 0 Å². The first-order valence-corrected chi connectivity index (χ1v) is 11.4. The summed E-state index contributed by atoms with van der Waals surface area (Å²) in [4.78, 5) is 17.7. The van der Waals surface area contributed by atoms with Crippen LogP contribution in [-0.2, 0) is 11.3 Å². The fourth-order valence-corrected chi connectivity index (χ4v) is 4.85. The van der Waals surface area contributed by atoms with Gasteiger partial charge in [-0.3, -0.25) is 14.6 Å². The smallest absolute Gasteiger partial charge is 0.250 e. The number of halogens is 2. The van der Waals surface area contributed by atoms with E-state index < -0.39 is 12.0 Å². The minimum atomic E-state index is -2.56. The van der Waals surface area contributed by atoms with Gasteiger partial charge in [-0.05, 0) is 30.5 Å². The molecule has 2 atom stereocenters. The number of piperidine rings is 1. The maximum Gasteiger partial charge on any atom is 0.250 e. The highest BCUT2D eigenvalue weighted by atomic mass is 19.3. The summed E-state index contributed by atoms with van der Waals surface area (Å²) in [6.07, 6.45) is 1.72.